The highest BCUT2D eigenvalue weighted by Gasteiger charge is 2.23. The van der Waals surface area contributed by atoms with Gasteiger partial charge in [0.2, 0.25) is 11.7 Å². The maximum absolute atomic E-state index is 11.9. The quantitative estimate of drug-likeness (QED) is 0.687. The first-order chi connectivity index (χ1) is 11.5. The third-order valence-corrected chi connectivity index (χ3v) is 4.17. The monoisotopic (exact) mass is 326 g/mol. The molecule has 1 aromatic heterocycles. The van der Waals surface area contributed by atoms with Crippen molar-refractivity contribution in [1.82, 2.24) is 4.98 Å². The lowest BCUT2D eigenvalue weighted by Crippen LogP contribution is -2.34. The van der Waals surface area contributed by atoms with Gasteiger partial charge >= 0.3 is 5.69 Å². The van der Waals surface area contributed by atoms with Crippen molar-refractivity contribution in [2.45, 2.75) is 26.7 Å². The fraction of sp³-hybridized carbons (Fsp3) is 0.294. The summed E-state index contributed by atoms with van der Waals surface area (Å²) in [5, 5.41) is 14.3. The molecule has 0 saturated heterocycles. The molecule has 0 bridgehead atoms. The molecule has 0 saturated carbocycles. The minimum absolute atomic E-state index is 0.0272. The number of carbonyl (C=O) groups is 1. The molecule has 1 aliphatic heterocycles. The van der Waals surface area contributed by atoms with Gasteiger partial charge in [-0.1, -0.05) is 0 Å². The highest BCUT2D eigenvalue weighted by molar-refractivity contribution is 5.96. The van der Waals surface area contributed by atoms with Crippen LogP contribution in [0.4, 0.5) is 22.9 Å². The molecule has 0 radical (unpaired) electrons. The molecule has 2 heterocycles. The topological polar surface area (TPSA) is 88.4 Å². The first-order valence-electron chi connectivity index (χ1n) is 7.81. The smallest absolute Gasteiger partial charge is 0.314 e. The second kappa shape index (κ2) is 6.27. The van der Waals surface area contributed by atoms with E-state index in [2.05, 4.69) is 10.3 Å². The Kier molecular flexibility index (Phi) is 4.16. The summed E-state index contributed by atoms with van der Waals surface area (Å²) >= 11 is 0. The number of nitrogens with one attached hydrogen (secondary N) is 1. The van der Waals surface area contributed by atoms with E-state index in [1.165, 1.54) is 0 Å². The van der Waals surface area contributed by atoms with Crippen molar-refractivity contribution in [1.29, 1.82) is 0 Å². The molecule has 7 nitrogen and oxygen atoms in total. The molecule has 7 heteroatoms. The molecule has 0 unspecified atom stereocenters. The number of nitrogens with zero attached hydrogens (tertiary/aromatic N) is 3. The number of anilines is 3. The fourth-order valence-electron chi connectivity index (χ4n) is 2.99. The van der Waals surface area contributed by atoms with Gasteiger partial charge in [-0.3, -0.25) is 14.9 Å². The van der Waals surface area contributed by atoms with Gasteiger partial charge in [-0.2, -0.15) is 0 Å². The Hall–Kier alpha value is -2.96. The number of hydrogen-bond donors (Lipinski definition) is 1. The second-order valence-corrected chi connectivity index (χ2v) is 5.69. The van der Waals surface area contributed by atoms with Crippen LogP contribution in [-0.2, 0) is 11.2 Å². The number of aromatic nitrogens is 1. The van der Waals surface area contributed by atoms with E-state index in [1.54, 1.807) is 24.1 Å². The maximum Gasteiger partial charge on any atom is 0.314 e. The van der Waals surface area contributed by atoms with Gasteiger partial charge in [0.05, 0.1) is 4.92 Å². The zero-order valence-electron chi connectivity index (χ0n) is 13.6. The van der Waals surface area contributed by atoms with Crippen LogP contribution in [0.15, 0.2) is 30.5 Å². The average Bonchev–Trinajstić information content (AvgIpc) is 2.54. The minimum atomic E-state index is -0.430. The number of carbonyl (C=O) groups excluding carboxylic acids is 1. The van der Waals surface area contributed by atoms with Gasteiger partial charge in [0, 0.05) is 36.1 Å². The number of hydrogen-bond acceptors (Lipinski definition) is 5. The van der Waals surface area contributed by atoms with E-state index < -0.39 is 4.92 Å². The number of pyridine rings is 1. The minimum Gasteiger partial charge on any atom is -0.334 e. The van der Waals surface area contributed by atoms with Gasteiger partial charge in [0.1, 0.15) is 0 Å². The Labute approximate surface area is 139 Å². The van der Waals surface area contributed by atoms with Gasteiger partial charge in [0.25, 0.3) is 0 Å². The number of benzene rings is 1. The molecule has 1 amide bonds. The zero-order chi connectivity index (χ0) is 17.3. The van der Waals surface area contributed by atoms with Gasteiger partial charge < -0.3 is 10.2 Å². The van der Waals surface area contributed by atoms with E-state index in [9.17, 15) is 14.9 Å². The van der Waals surface area contributed by atoms with Crippen molar-refractivity contribution >= 4 is 28.8 Å². The molecule has 2 aromatic rings. The molecule has 0 spiro atoms. The van der Waals surface area contributed by atoms with Gasteiger partial charge in [-0.15, -0.1) is 0 Å². The van der Waals surface area contributed by atoms with Crippen LogP contribution in [0.25, 0.3) is 0 Å². The molecule has 124 valence electrons. The molecule has 1 N–H and O–H groups in total. The van der Waals surface area contributed by atoms with Gasteiger partial charge in [-0.05, 0) is 50.1 Å². The lowest BCUT2D eigenvalue weighted by Gasteiger charge is -2.28. The van der Waals surface area contributed by atoms with E-state index in [0.29, 0.717) is 24.9 Å². The first kappa shape index (κ1) is 15.9. The molecule has 0 atom stereocenters. The van der Waals surface area contributed by atoms with Crippen LogP contribution in [0.5, 0.6) is 0 Å². The average molecular weight is 326 g/mol. The van der Waals surface area contributed by atoms with E-state index in [0.717, 1.165) is 16.9 Å². The molecule has 24 heavy (non-hydrogen) atoms. The summed E-state index contributed by atoms with van der Waals surface area (Å²) in [6.07, 6.45) is 2.69. The molecule has 3 rings (SSSR count). The molecular weight excluding hydrogens is 308 g/mol. The second-order valence-electron chi connectivity index (χ2n) is 5.69. The van der Waals surface area contributed by atoms with Crippen LogP contribution in [0.2, 0.25) is 0 Å². The molecule has 0 aliphatic carbocycles. The van der Waals surface area contributed by atoms with Crippen LogP contribution in [-0.4, -0.2) is 22.4 Å². The number of amides is 1. The van der Waals surface area contributed by atoms with E-state index in [-0.39, 0.29) is 17.4 Å². The Morgan fingerprint density at radius 2 is 2.12 bits per heavy atom. The Balaban J connectivity index is 1.95. The van der Waals surface area contributed by atoms with Crippen LogP contribution >= 0.6 is 0 Å². The summed E-state index contributed by atoms with van der Waals surface area (Å²) < 4.78 is 0. The molecular formula is C17H18N4O3. The van der Waals surface area contributed by atoms with E-state index in [4.69, 9.17) is 0 Å². The predicted octanol–water partition coefficient (Wildman–Crippen LogP) is 3.34. The summed E-state index contributed by atoms with van der Waals surface area (Å²) in [4.78, 5) is 28.6. The van der Waals surface area contributed by atoms with Crippen molar-refractivity contribution in [2.24, 2.45) is 0 Å². The van der Waals surface area contributed by atoms with E-state index in [1.807, 2.05) is 25.1 Å². The Morgan fingerprint density at radius 3 is 2.83 bits per heavy atom. The summed E-state index contributed by atoms with van der Waals surface area (Å²) in [5.41, 5.74) is 3.21. The standard InChI is InChI=1S/C17H18N4O3/c1-3-20-14-6-5-13(10-12(14)4-7-15(20)22)19-17-16(21(23)24)11(2)8-9-18-17/h5-6,8-10H,3-4,7H2,1-2H3,(H,18,19). The van der Waals surface area contributed by atoms with Crippen LogP contribution < -0.4 is 10.2 Å². The molecule has 0 fully saturated rings. The van der Waals surface area contributed by atoms with Crippen molar-refractivity contribution in [3.8, 4) is 0 Å². The Morgan fingerprint density at radius 1 is 1.33 bits per heavy atom. The number of nitro groups is 1. The third kappa shape index (κ3) is 2.80. The largest absolute Gasteiger partial charge is 0.334 e. The highest BCUT2D eigenvalue weighted by atomic mass is 16.6. The summed E-state index contributed by atoms with van der Waals surface area (Å²) in [5.74, 6) is 0.348. The lowest BCUT2D eigenvalue weighted by molar-refractivity contribution is -0.384. The summed E-state index contributed by atoms with van der Waals surface area (Å²) in [6, 6.07) is 7.23. The van der Waals surface area contributed by atoms with Crippen molar-refractivity contribution in [2.75, 3.05) is 16.8 Å². The van der Waals surface area contributed by atoms with Crippen molar-refractivity contribution in [3.05, 3.63) is 51.7 Å². The maximum atomic E-state index is 11.9. The normalized spacial score (nSPS) is 13.6. The third-order valence-electron chi connectivity index (χ3n) is 4.17. The van der Waals surface area contributed by atoms with E-state index >= 15 is 0 Å². The number of aryl methyl sites for hydroxylation is 2. The lowest BCUT2D eigenvalue weighted by atomic mass is 10.0. The van der Waals surface area contributed by atoms with Crippen LogP contribution in [0.1, 0.15) is 24.5 Å². The molecule has 1 aliphatic rings. The van der Waals surface area contributed by atoms with Crippen LogP contribution in [0, 0.1) is 17.0 Å². The summed E-state index contributed by atoms with van der Waals surface area (Å²) in [6.45, 7) is 4.26. The highest BCUT2D eigenvalue weighted by Crippen LogP contribution is 2.33. The van der Waals surface area contributed by atoms with Crippen molar-refractivity contribution < 1.29 is 9.72 Å². The Bertz CT molecular complexity index is 819. The van der Waals surface area contributed by atoms with Crippen LogP contribution in [0.3, 0.4) is 0 Å². The molecule has 1 aromatic carbocycles. The SMILES string of the molecule is CCN1C(=O)CCc2cc(Nc3nccc(C)c3[N+](=O)[O-])ccc21. The van der Waals surface area contributed by atoms with Gasteiger partial charge in [0.15, 0.2) is 0 Å². The first-order valence-corrected chi connectivity index (χ1v) is 7.81. The number of rotatable bonds is 4. The van der Waals surface area contributed by atoms with Crippen molar-refractivity contribution in [3.63, 3.8) is 0 Å². The fourth-order valence-corrected chi connectivity index (χ4v) is 2.99. The summed E-state index contributed by atoms with van der Waals surface area (Å²) in [7, 11) is 0. The van der Waals surface area contributed by atoms with Gasteiger partial charge in [-0.25, -0.2) is 4.98 Å². The predicted molar refractivity (Wildman–Crippen MR) is 91.7 cm³/mol. The zero-order valence-corrected chi connectivity index (χ0v) is 13.6. The number of fused-ring (bicyclic) bond motifs is 1.